The molecule has 0 aromatic heterocycles. The second-order valence-corrected chi connectivity index (χ2v) is 6.28. The Hall–Kier alpha value is -1.38. The van der Waals surface area contributed by atoms with Crippen LogP contribution in [0.3, 0.4) is 0 Å². The summed E-state index contributed by atoms with van der Waals surface area (Å²) in [7, 11) is 0.478. The van der Waals surface area contributed by atoms with Gasteiger partial charge < -0.3 is 14.4 Å². The predicted molar refractivity (Wildman–Crippen MR) is 84.3 cm³/mol. The number of halogens is 1. The molecule has 118 valence electrons. The van der Waals surface area contributed by atoms with E-state index in [1.165, 1.54) is 4.90 Å². The van der Waals surface area contributed by atoms with Gasteiger partial charge in [-0.3, -0.25) is 14.5 Å². The van der Waals surface area contributed by atoms with E-state index in [9.17, 15) is 14.7 Å². The average molecular weight is 370 g/mol. The molecule has 1 aliphatic rings. The van der Waals surface area contributed by atoms with Crippen LogP contribution in [0.5, 0.6) is 0 Å². The standard InChI is InChI=1S/C14H17BBrNO5/c1-17-8-12(19)21-15(22-13(20)9-17)14(16)11(18)7-10-5-3-2-4-6-10/h2-6,11,14,18H,7-9H2,1H3/t11-,14-/m0/s1. The molecule has 2 atom stereocenters. The molecule has 0 spiro atoms. The molecule has 1 N–H and O–H groups in total. The molecule has 2 rings (SSSR count). The minimum Gasteiger partial charge on any atom is -0.497 e. The lowest BCUT2D eigenvalue weighted by Crippen LogP contribution is -2.49. The zero-order chi connectivity index (χ0) is 16.1. The Morgan fingerprint density at radius 2 is 1.77 bits per heavy atom. The summed E-state index contributed by atoms with van der Waals surface area (Å²) in [5, 5.41) is 10.3. The minimum absolute atomic E-state index is 0.0000997. The summed E-state index contributed by atoms with van der Waals surface area (Å²) >= 11 is 3.27. The lowest BCUT2D eigenvalue weighted by Gasteiger charge is -2.26. The van der Waals surface area contributed by atoms with Gasteiger partial charge in [-0.2, -0.15) is 0 Å². The third-order valence-corrected chi connectivity index (χ3v) is 4.25. The smallest absolute Gasteiger partial charge is 0.497 e. The molecule has 0 bridgehead atoms. The first-order valence-corrected chi connectivity index (χ1v) is 7.81. The first-order chi connectivity index (χ1) is 10.5. The second kappa shape index (κ2) is 7.76. The second-order valence-electron chi connectivity index (χ2n) is 5.22. The van der Waals surface area contributed by atoms with Crippen molar-refractivity contribution in [1.29, 1.82) is 0 Å². The number of benzene rings is 1. The monoisotopic (exact) mass is 369 g/mol. The molecular formula is C14H17BBrNO5. The highest BCUT2D eigenvalue weighted by Gasteiger charge is 2.42. The van der Waals surface area contributed by atoms with E-state index in [0.717, 1.165) is 5.56 Å². The van der Waals surface area contributed by atoms with Gasteiger partial charge in [0.1, 0.15) is 4.73 Å². The number of aliphatic hydroxyl groups excluding tert-OH is 1. The van der Waals surface area contributed by atoms with E-state index >= 15 is 0 Å². The van der Waals surface area contributed by atoms with Crippen LogP contribution in [-0.2, 0) is 25.3 Å². The Balaban J connectivity index is 2.01. The van der Waals surface area contributed by atoms with Crippen molar-refractivity contribution >= 4 is 35.0 Å². The first kappa shape index (κ1) is 17.0. The highest BCUT2D eigenvalue weighted by molar-refractivity contribution is 9.10. The fraction of sp³-hybridized carbons (Fsp3) is 0.429. The number of carbonyl (C=O) groups excluding carboxylic acids is 2. The predicted octanol–water partition coefficient (Wildman–Crippen LogP) is 0.413. The van der Waals surface area contributed by atoms with Gasteiger partial charge in [0.2, 0.25) is 0 Å². The third-order valence-electron chi connectivity index (χ3n) is 3.21. The van der Waals surface area contributed by atoms with Crippen LogP contribution in [0.25, 0.3) is 0 Å². The van der Waals surface area contributed by atoms with Gasteiger partial charge in [-0.25, -0.2) is 0 Å². The Kier molecular flexibility index (Phi) is 5.99. The van der Waals surface area contributed by atoms with E-state index in [1.54, 1.807) is 7.05 Å². The van der Waals surface area contributed by atoms with E-state index in [4.69, 9.17) is 9.31 Å². The van der Waals surface area contributed by atoms with Crippen molar-refractivity contribution in [3.63, 3.8) is 0 Å². The molecule has 8 heteroatoms. The van der Waals surface area contributed by atoms with Crippen molar-refractivity contribution in [2.45, 2.75) is 17.3 Å². The van der Waals surface area contributed by atoms with Crippen molar-refractivity contribution in [2.24, 2.45) is 0 Å². The number of alkyl halides is 1. The Labute approximate surface area is 137 Å². The summed E-state index contributed by atoms with van der Waals surface area (Å²) in [6, 6.07) is 9.40. The molecule has 1 saturated heterocycles. The number of nitrogens with zero attached hydrogens (tertiary/aromatic N) is 1. The summed E-state index contributed by atoms with van der Waals surface area (Å²) in [6.45, 7) is 0.000199. The largest absolute Gasteiger partial charge is 0.615 e. The molecule has 1 aromatic carbocycles. The number of aliphatic hydroxyl groups is 1. The van der Waals surface area contributed by atoms with Crippen molar-refractivity contribution < 1.29 is 24.0 Å². The zero-order valence-electron chi connectivity index (χ0n) is 12.1. The van der Waals surface area contributed by atoms with Gasteiger partial charge in [0.15, 0.2) is 0 Å². The van der Waals surface area contributed by atoms with Gasteiger partial charge in [0.25, 0.3) is 0 Å². The first-order valence-electron chi connectivity index (χ1n) is 6.89. The third kappa shape index (κ3) is 4.83. The molecule has 1 aromatic rings. The Morgan fingerprint density at radius 3 is 2.32 bits per heavy atom. The van der Waals surface area contributed by atoms with Gasteiger partial charge in [-0.05, 0) is 19.0 Å². The van der Waals surface area contributed by atoms with Gasteiger partial charge in [-0.15, -0.1) is 0 Å². The van der Waals surface area contributed by atoms with Crippen LogP contribution >= 0.6 is 15.9 Å². The fourth-order valence-corrected chi connectivity index (χ4v) is 2.54. The van der Waals surface area contributed by atoms with E-state index in [1.807, 2.05) is 30.3 Å². The van der Waals surface area contributed by atoms with Crippen molar-refractivity contribution in [3.05, 3.63) is 35.9 Å². The molecule has 0 radical (unpaired) electrons. The maximum atomic E-state index is 11.7. The summed E-state index contributed by atoms with van der Waals surface area (Å²) in [6.07, 6.45) is -0.521. The Morgan fingerprint density at radius 1 is 1.23 bits per heavy atom. The molecule has 22 heavy (non-hydrogen) atoms. The van der Waals surface area contributed by atoms with Gasteiger partial charge in [-0.1, -0.05) is 46.3 Å². The molecule has 1 fully saturated rings. The molecular weight excluding hydrogens is 353 g/mol. The summed E-state index contributed by atoms with van der Waals surface area (Å²) in [4.78, 5) is 24.9. The van der Waals surface area contributed by atoms with Crippen molar-refractivity contribution in [1.82, 2.24) is 4.90 Å². The van der Waals surface area contributed by atoms with Crippen LogP contribution in [-0.4, -0.2) is 60.0 Å². The number of likely N-dealkylation sites (N-methyl/N-ethyl adjacent to an activating group) is 1. The SMILES string of the molecule is CN1CC(=O)OB([C@@H](Br)[C@@H](O)Cc2ccccc2)OC(=O)C1. The lowest BCUT2D eigenvalue weighted by atomic mass is 9.79. The van der Waals surface area contributed by atoms with E-state index in [0.29, 0.717) is 6.42 Å². The molecule has 0 amide bonds. The average Bonchev–Trinajstić information content (AvgIpc) is 2.45. The number of carbonyl (C=O) groups is 2. The van der Waals surface area contributed by atoms with Gasteiger partial charge >= 0.3 is 19.1 Å². The topological polar surface area (TPSA) is 76.1 Å². The number of hydrogen-bond acceptors (Lipinski definition) is 6. The maximum Gasteiger partial charge on any atom is 0.615 e. The Bertz CT molecular complexity index is 509. The van der Waals surface area contributed by atoms with Crippen LogP contribution < -0.4 is 0 Å². The highest BCUT2D eigenvalue weighted by Crippen LogP contribution is 2.18. The zero-order valence-corrected chi connectivity index (χ0v) is 13.7. The molecule has 6 nitrogen and oxygen atoms in total. The summed E-state index contributed by atoms with van der Waals surface area (Å²) in [5.74, 6) is -1.01. The molecule has 0 saturated carbocycles. The maximum absolute atomic E-state index is 11.7. The van der Waals surface area contributed by atoms with Gasteiger partial charge in [0, 0.05) is 0 Å². The number of rotatable bonds is 4. The minimum atomic E-state index is -1.15. The van der Waals surface area contributed by atoms with E-state index in [-0.39, 0.29) is 13.1 Å². The van der Waals surface area contributed by atoms with Crippen molar-refractivity contribution in [3.8, 4) is 0 Å². The normalized spacial score (nSPS) is 19.7. The van der Waals surface area contributed by atoms with Crippen LogP contribution in [0, 0.1) is 0 Å². The van der Waals surface area contributed by atoms with Crippen LogP contribution in [0.4, 0.5) is 0 Å². The summed E-state index contributed by atoms with van der Waals surface area (Å²) < 4.78 is 9.54. The van der Waals surface area contributed by atoms with Gasteiger partial charge in [0.05, 0.1) is 19.2 Å². The molecule has 0 aliphatic carbocycles. The summed E-state index contributed by atoms with van der Waals surface area (Å²) in [5.41, 5.74) is 0.933. The quantitative estimate of drug-likeness (QED) is 0.612. The molecule has 1 heterocycles. The van der Waals surface area contributed by atoms with Crippen LogP contribution in [0.2, 0.25) is 0 Å². The molecule has 0 unspecified atom stereocenters. The fourth-order valence-electron chi connectivity index (χ4n) is 2.13. The van der Waals surface area contributed by atoms with E-state index in [2.05, 4.69) is 15.9 Å². The van der Waals surface area contributed by atoms with Crippen LogP contribution in [0.15, 0.2) is 30.3 Å². The molecule has 1 aliphatic heterocycles. The van der Waals surface area contributed by atoms with Crippen LogP contribution in [0.1, 0.15) is 5.56 Å². The van der Waals surface area contributed by atoms with Crippen molar-refractivity contribution in [2.75, 3.05) is 20.1 Å². The lowest BCUT2D eigenvalue weighted by molar-refractivity contribution is -0.145. The van der Waals surface area contributed by atoms with E-state index < -0.39 is 29.9 Å². The highest BCUT2D eigenvalue weighted by atomic mass is 79.9. The number of hydrogen-bond donors (Lipinski definition) is 1.